The van der Waals surface area contributed by atoms with Crippen molar-refractivity contribution in [3.8, 4) is 17.6 Å². The summed E-state index contributed by atoms with van der Waals surface area (Å²) in [6, 6.07) is 17.9. The number of nitrogens with zero attached hydrogens (tertiary/aromatic N) is 1. The van der Waals surface area contributed by atoms with Gasteiger partial charge in [-0.05, 0) is 35.6 Å². The third-order valence-corrected chi connectivity index (χ3v) is 5.40. The maximum absolute atomic E-state index is 12.7. The molecular weight excluding hydrogens is 418 g/mol. The lowest BCUT2D eigenvalue weighted by Crippen LogP contribution is -2.14. The highest BCUT2D eigenvalue weighted by atomic mass is 35.5. The van der Waals surface area contributed by atoms with Gasteiger partial charge in [-0.1, -0.05) is 61.9 Å². The molecule has 0 unspecified atom stereocenters. The lowest BCUT2D eigenvalue weighted by molar-refractivity contribution is -0.149. The highest BCUT2D eigenvalue weighted by Gasteiger charge is 2.61. The maximum Gasteiger partial charge on any atom is 0.331 e. The van der Waals surface area contributed by atoms with Crippen LogP contribution in [0.3, 0.4) is 0 Å². The highest BCUT2D eigenvalue weighted by molar-refractivity contribution is 6.17. The van der Waals surface area contributed by atoms with Crippen molar-refractivity contribution in [1.29, 1.82) is 5.26 Å². The summed E-state index contributed by atoms with van der Waals surface area (Å²) in [5, 5.41) is 9.59. The topological polar surface area (TPSA) is 85.6 Å². The van der Waals surface area contributed by atoms with Gasteiger partial charge in [0.15, 0.2) is 6.07 Å². The fourth-order valence-corrected chi connectivity index (χ4v) is 3.60. The maximum atomic E-state index is 12.7. The zero-order chi connectivity index (χ0) is 22.4. The van der Waals surface area contributed by atoms with Crippen LogP contribution in [0.5, 0.6) is 11.5 Å². The van der Waals surface area contributed by atoms with Crippen LogP contribution in [0.25, 0.3) is 0 Å². The van der Waals surface area contributed by atoms with Gasteiger partial charge in [-0.3, -0.25) is 4.79 Å². The summed E-state index contributed by atoms with van der Waals surface area (Å²) in [5.74, 6) is -0.541. The van der Waals surface area contributed by atoms with E-state index in [4.69, 9.17) is 21.1 Å². The van der Waals surface area contributed by atoms with E-state index in [2.05, 4.69) is 4.74 Å². The van der Waals surface area contributed by atoms with Crippen LogP contribution in [-0.4, -0.2) is 18.0 Å². The van der Waals surface area contributed by atoms with Crippen LogP contribution >= 0.6 is 11.6 Å². The largest absolute Gasteiger partial charge is 0.457 e. The molecule has 1 aliphatic carbocycles. The van der Waals surface area contributed by atoms with E-state index in [9.17, 15) is 14.9 Å². The highest BCUT2D eigenvalue weighted by Crippen LogP contribution is 2.59. The quantitative estimate of drug-likeness (QED) is 0.321. The van der Waals surface area contributed by atoms with Crippen LogP contribution in [0.1, 0.15) is 25.5 Å². The number of hydrogen-bond donors (Lipinski definition) is 0. The van der Waals surface area contributed by atoms with Gasteiger partial charge in [0.25, 0.3) is 0 Å². The van der Waals surface area contributed by atoms with Crippen LogP contribution in [0.4, 0.5) is 0 Å². The van der Waals surface area contributed by atoms with Crippen molar-refractivity contribution in [1.82, 2.24) is 0 Å². The molecule has 31 heavy (non-hydrogen) atoms. The molecule has 3 rings (SSSR count). The molecule has 7 heteroatoms. The number of halogens is 1. The number of ether oxygens (including phenoxy) is 3. The van der Waals surface area contributed by atoms with E-state index in [0.717, 1.165) is 0 Å². The van der Waals surface area contributed by atoms with Crippen molar-refractivity contribution in [2.24, 2.45) is 17.3 Å². The number of hydrogen-bond acceptors (Lipinski definition) is 6. The molecule has 2 aromatic carbocycles. The summed E-state index contributed by atoms with van der Waals surface area (Å²) in [6.07, 6.45) is 1.80. The van der Waals surface area contributed by atoms with Crippen molar-refractivity contribution >= 4 is 23.5 Å². The first-order chi connectivity index (χ1) is 14.9. The SMILES string of the molecule is CC1(C)[C@H](C(=O)O[C@H](C#N)c2cccc(Oc3ccccc3)c2)[C@@H]1C=CC(=O)OCCl. The first kappa shape index (κ1) is 22.4. The number of benzene rings is 2. The summed E-state index contributed by atoms with van der Waals surface area (Å²) >= 11 is 5.36. The summed E-state index contributed by atoms with van der Waals surface area (Å²) in [4.78, 5) is 24.2. The van der Waals surface area contributed by atoms with E-state index in [1.54, 1.807) is 30.3 Å². The van der Waals surface area contributed by atoms with E-state index in [-0.39, 0.29) is 12.0 Å². The Labute approximate surface area is 186 Å². The number of carbonyl (C=O) groups excluding carboxylic acids is 2. The molecule has 0 radical (unpaired) electrons. The summed E-state index contributed by atoms with van der Waals surface area (Å²) < 4.78 is 15.9. The fourth-order valence-electron chi connectivity index (χ4n) is 3.50. The van der Waals surface area contributed by atoms with Crippen molar-refractivity contribution in [3.05, 3.63) is 72.3 Å². The van der Waals surface area contributed by atoms with E-state index in [0.29, 0.717) is 17.1 Å². The zero-order valence-electron chi connectivity index (χ0n) is 17.2. The van der Waals surface area contributed by atoms with Crippen molar-refractivity contribution in [2.45, 2.75) is 20.0 Å². The first-order valence-corrected chi connectivity index (χ1v) is 10.2. The number of rotatable bonds is 8. The smallest absolute Gasteiger partial charge is 0.331 e. The fraction of sp³-hybridized carbons (Fsp3) is 0.292. The number of carbonyl (C=O) groups is 2. The first-order valence-electron chi connectivity index (χ1n) is 9.70. The van der Waals surface area contributed by atoms with Gasteiger partial charge in [0.05, 0.1) is 5.92 Å². The van der Waals surface area contributed by atoms with Crippen molar-refractivity contribution in [2.75, 3.05) is 6.07 Å². The summed E-state index contributed by atoms with van der Waals surface area (Å²) in [6.45, 7) is 3.80. The van der Waals surface area contributed by atoms with Gasteiger partial charge in [0, 0.05) is 11.6 Å². The van der Waals surface area contributed by atoms with Crippen molar-refractivity contribution in [3.63, 3.8) is 0 Å². The number of nitriles is 1. The lowest BCUT2D eigenvalue weighted by atomic mass is 10.1. The lowest BCUT2D eigenvalue weighted by Gasteiger charge is -2.13. The van der Waals surface area contributed by atoms with Gasteiger partial charge in [-0.2, -0.15) is 5.26 Å². The van der Waals surface area contributed by atoms with E-state index in [1.165, 1.54) is 6.08 Å². The molecule has 0 heterocycles. The van der Waals surface area contributed by atoms with E-state index in [1.807, 2.05) is 50.2 Å². The molecule has 3 atom stereocenters. The molecule has 6 nitrogen and oxygen atoms in total. The molecule has 2 aromatic rings. The Hall–Kier alpha value is -3.30. The Morgan fingerprint density at radius 3 is 2.55 bits per heavy atom. The van der Waals surface area contributed by atoms with Gasteiger partial charge in [-0.25, -0.2) is 4.79 Å². The Morgan fingerprint density at radius 2 is 1.87 bits per heavy atom. The monoisotopic (exact) mass is 439 g/mol. The van der Waals surface area contributed by atoms with Crippen LogP contribution in [0, 0.1) is 28.6 Å². The average molecular weight is 440 g/mol. The van der Waals surface area contributed by atoms with Crippen LogP contribution < -0.4 is 4.74 Å². The molecule has 160 valence electrons. The zero-order valence-corrected chi connectivity index (χ0v) is 17.9. The molecule has 1 saturated carbocycles. The minimum Gasteiger partial charge on any atom is -0.457 e. The van der Waals surface area contributed by atoms with Gasteiger partial charge < -0.3 is 14.2 Å². The second kappa shape index (κ2) is 9.67. The standard InChI is InChI=1S/C24H22ClNO5/c1-24(2)19(11-12-21(27)29-15-25)22(24)23(28)31-20(14-26)16-7-6-10-18(13-16)30-17-8-4-3-5-9-17/h3-13,19-20,22H,15H2,1-2H3/t19-,20+,22-/m0/s1. The molecule has 0 N–H and O–H groups in total. The summed E-state index contributed by atoms with van der Waals surface area (Å²) in [5.41, 5.74) is 0.119. The molecule has 1 fully saturated rings. The van der Waals surface area contributed by atoms with E-state index >= 15 is 0 Å². The minimum absolute atomic E-state index is 0.199. The summed E-state index contributed by atoms with van der Waals surface area (Å²) in [7, 11) is 0. The number of para-hydroxylation sites is 1. The predicted molar refractivity (Wildman–Crippen MR) is 114 cm³/mol. The van der Waals surface area contributed by atoms with Crippen LogP contribution in [0.2, 0.25) is 0 Å². The van der Waals surface area contributed by atoms with E-state index < -0.39 is 29.4 Å². The Kier molecular flexibility index (Phi) is 6.98. The number of alkyl halides is 1. The van der Waals surface area contributed by atoms with Crippen LogP contribution in [0.15, 0.2) is 66.7 Å². The van der Waals surface area contributed by atoms with Crippen LogP contribution in [-0.2, 0) is 19.1 Å². The third-order valence-electron chi connectivity index (χ3n) is 5.29. The van der Waals surface area contributed by atoms with Crippen molar-refractivity contribution < 1.29 is 23.8 Å². The van der Waals surface area contributed by atoms with Gasteiger partial charge in [-0.15, -0.1) is 0 Å². The Bertz CT molecular complexity index is 1010. The molecule has 0 aromatic heterocycles. The molecule has 1 aliphatic rings. The molecule has 0 aliphatic heterocycles. The molecule has 0 spiro atoms. The molecule has 0 amide bonds. The Morgan fingerprint density at radius 1 is 1.16 bits per heavy atom. The van der Waals surface area contributed by atoms with Gasteiger partial charge in [0.1, 0.15) is 17.6 Å². The van der Waals surface area contributed by atoms with Gasteiger partial charge >= 0.3 is 11.9 Å². The number of allylic oxidation sites excluding steroid dienone is 1. The second-order valence-electron chi connectivity index (χ2n) is 7.69. The molecule has 0 saturated heterocycles. The minimum atomic E-state index is -1.07. The number of esters is 2. The third kappa shape index (κ3) is 5.44. The average Bonchev–Trinajstić information content (AvgIpc) is 3.32. The predicted octanol–water partition coefficient (Wildman–Crippen LogP) is 5.15. The second-order valence-corrected chi connectivity index (χ2v) is 7.91. The van der Waals surface area contributed by atoms with Gasteiger partial charge in [0.2, 0.25) is 6.10 Å². The molecular formula is C24H22ClNO5. The normalized spacial score (nSPS) is 19.8. The molecule has 0 bridgehead atoms. The Balaban J connectivity index is 1.67.